The molecule has 11 heteroatoms. The first kappa shape index (κ1) is 24.5. The Morgan fingerprint density at radius 3 is 2.52 bits per heavy atom. The minimum absolute atomic E-state index is 0. The first-order valence-electron chi connectivity index (χ1n) is 8.41. The highest BCUT2D eigenvalue weighted by Crippen LogP contribution is 2.27. The van der Waals surface area contributed by atoms with E-state index in [1.54, 1.807) is 19.1 Å². The molecule has 1 aliphatic rings. The number of aryl methyl sites for hydroxylation is 1. The van der Waals surface area contributed by atoms with Gasteiger partial charge >= 0.3 is 5.63 Å². The van der Waals surface area contributed by atoms with Gasteiger partial charge in [-0.05, 0) is 24.6 Å². The molecule has 162 valence electrons. The Labute approximate surface area is 165 Å². The maximum Gasteiger partial charge on any atom is 0.336 e. The lowest BCUT2D eigenvalue weighted by atomic mass is 9.97. The van der Waals surface area contributed by atoms with E-state index >= 15 is 0 Å². The summed E-state index contributed by atoms with van der Waals surface area (Å²) >= 11 is 0. The van der Waals surface area contributed by atoms with Gasteiger partial charge in [0.2, 0.25) is 12.2 Å². The summed E-state index contributed by atoms with van der Waals surface area (Å²) in [7, 11) is 0. The number of aliphatic hydroxyl groups is 3. The lowest BCUT2D eigenvalue weighted by Crippen LogP contribution is -2.65. The van der Waals surface area contributed by atoms with Crippen LogP contribution in [0.4, 0.5) is 0 Å². The standard InChI is InChI=1S/C18H21NO8.2H2O/c1-8-5-14(22)26-12-6-10(3-4-11(8)12)25-18-15(19-9(2)21)17(24)16(23)13(7-20)27-18;;/h3-6,13,15-18,20,23-24H,7H2,1-2H3,(H,19,21);2*1H2/t13-,15-,16-,17-,18-;;/m1../s1. The molecule has 2 aromatic rings. The normalized spacial score (nSPS) is 26.2. The molecule has 1 aromatic heterocycles. The van der Waals surface area contributed by atoms with Crippen molar-refractivity contribution in [2.45, 2.75) is 44.5 Å². The van der Waals surface area contributed by atoms with Gasteiger partial charge in [0, 0.05) is 24.4 Å². The van der Waals surface area contributed by atoms with Crippen LogP contribution in [0, 0.1) is 6.92 Å². The van der Waals surface area contributed by atoms with Crippen molar-refractivity contribution in [2.75, 3.05) is 6.61 Å². The first-order valence-corrected chi connectivity index (χ1v) is 8.41. The summed E-state index contributed by atoms with van der Waals surface area (Å²) in [5, 5.41) is 32.9. The molecule has 0 radical (unpaired) electrons. The predicted octanol–water partition coefficient (Wildman–Crippen LogP) is -2.23. The summed E-state index contributed by atoms with van der Waals surface area (Å²) in [6.45, 7) is 2.48. The SMILES string of the molecule is CC(=O)N[C@H]1[C@H](Oc2ccc3c(C)cc(=O)oc3c2)O[C@H](CO)[C@@H](O)[C@@H]1O.O.O. The number of rotatable bonds is 4. The summed E-state index contributed by atoms with van der Waals surface area (Å²) in [5.41, 5.74) is 0.557. The molecular weight excluding hydrogens is 390 g/mol. The van der Waals surface area contributed by atoms with Crippen molar-refractivity contribution in [1.29, 1.82) is 0 Å². The third kappa shape index (κ3) is 5.09. The number of aliphatic hydroxyl groups excluding tert-OH is 3. The van der Waals surface area contributed by atoms with Crippen LogP contribution in [0.15, 0.2) is 33.5 Å². The van der Waals surface area contributed by atoms with Crippen molar-refractivity contribution in [2.24, 2.45) is 0 Å². The Kier molecular flexibility index (Phi) is 8.26. The molecule has 0 saturated carbocycles. The van der Waals surface area contributed by atoms with Crippen LogP contribution in [0.2, 0.25) is 0 Å². The lowest BCUT2D eigenvalue weighted by molar-refractivity contribution is -0.244. The molecule has 1 saturated heterocycles. The van der Waals surface area contributed by atoms with Crippen molar-refractivity contribution in [3.63, 3.8) is 0 Å². The van der Waals surface area contributed by atoms with Gasteiger partial charge in [-0.25, -0.2) is 4.79 Å². The van der Waals surface area contributed by atoms with Gasteiger partial charge in [-0.1, -0.05) is 0 Å². The van der Waals surface area contributed by atoms with Crippen molar-refractivity contribution in [1.82, 2.24) is 5.32 Å². The largest absolute Gasteiger partial charge is 0.462 e. The fourth-order valence-electron chi connectivity index (χ4n) is 3.08. The number of nitrogens with one attached hydrogen (secondary N) is 1. The van der Waals surface area contributed by atoms with E-state index in [0.29, 0.717) is 5.58 Å². The number of hydrogen-bond donors (Lipinski definition) is 4. The van der Waals surface area contributed by atoms with E-state index in [-0.39, 0.29) is 16.7 Å². The van der Waals surface area contributed by atoms with Gasteiger partial charge in [0.05, 0.1) is 6.61 Å². The van der Waals surface area contributed by atoms with Crippen LogP contribution in [0.3, 0.4) is 0 Å². The molecule has 2 heterocycles. The second kappa shape index (κ2) is 9.78. The maximum atomic E-state index is 11.6. The fourth-order valence-corrected chi connectivity index (χ4v) is 3.08. The molecule has 1 amide bonds. The lowest BCUT2D eigenvalue weighted by Gasteiger charge is -2.42. The van der Waals surface area contributed by atoms with Crippen molar-refractivity contribution in [3.05, 3.63) is 40.2 Å². The summed E-state index contributed by atoms with van der Waals surface area (Å²) in [6.07, 6.45) is -5.08. The van der Waals surface area contributed by atoms with Crippen molar-refractivity contribution < 1.29 is 45.0 Å². The molecule has 0 aliphatic carbocycles. The Morgan fingerprint density at radius 2 is 1.90 bits per heavy atom. The molecule has 11 nitrogen and oxygen atoms in total. The number of amides is 1. The van der Waals surface area contributed by atoms with E-state index in [4.69, 9.17) is 13.9 Å². The van der Waals surface area contributed by atoms with Gasteiger partial charge in [-0.3, -0.25) is 4.79 Å². The molecule has 1 aliphatic heterocycles. The molecular formula is C18H25NO10. The highest BCUT2D eigenvalue weighted by Gasteiger charge is 2.46. The number of benzene rings is 1. The van der Waals surface area contributed by atoms with Crippen LogP contribution in [0.5, 0.6) is 5.75 Å². The van der Waals surface area contributed by atoms with Crippen LogP contribution in [0.25, 0.3) is 11.0 Å². The average Bonchev–Trinajstić information content (AvgIpc) is 2.60. The van der Waals surface area contributed by atoms with Gasteiger partial charge in [-0.2, -0.15) is 0 Å². The van der Waals surface area contributed by atoms with E-state index < -0.39 is 48.8 Å². The summed E-state index contributed by atoms with van der Waals surface area (Å²) in [6, 6.07) is 5.12. The fraction of sp³-hybridized carbons (Fsp3) is 0.444. The molecule has 1 fully saturated rings. The Morgan fingerprint density at radius 1 is 1.21 bits per heavy atom. The Balaban J connectivity index is 0.00000210. The number of hydrogen-bond acceptors (Lipinski definition) is 8. The highest BCUT2D eigenvalue weighted by atomic mass is 16.7. The van der Waals surface area contributed by atoms with Crippen LogP contribution < -0.4 is 15.7 Å². The highest BCUT2D eigenvalue weighted by molar-refractivity contribution is 5.81. The molecule has 3 rings (SSSR count). The Bertz CT molecular complexity index is 898. The molecule has 0 bridgehead atoms. The van der Waals surface area contributed by atoms with Gasteiger partial charge < -0.3 is 45.5 Å². The van der Waals surface area contributed by atoms with Crippen molar-refractivity contribution in [3.8, 4) is 5.75 Å². The van der Waals surface area contributed by atoms with E-state index in [0.717, 1.165) is 10.9 Å². The van der Waals surface area contributed by atoms with Gasteiger partial charge in [-0.15, -0.1) is 0 Å². The molecule has 8 N–H and O–H groups in total. The van der Waals surface area contributed by atoms with Gasteiger partial charge in [0.15, 0.2) is 0 Å². The van der Waals surface area contributed by atoms with Crippen LogP contribution >= 0.6 is 0 Å². The van der Waals surface area contributed by atoms with Crippen LogP contribution in [-0.4, -0.2) is 69.4 Å². The minimum atomic E-state index is -1.41. The molecule has 29 heavy (non-hydrogen) atoms. The van der Waals surface area contributed by atoms with Crippen molar-refractivity contribution >= 4 is 16.9 Å². The third-order valence-electron chi connectivity index (χ3n) is 4.43. The number of ether oxygens (including phenoxy) is 2. The van der Waals surface area contributed by atoms with E-state index in [2.05, 4.69) is 5.32 Å². The predicted molar refractivity (Wildman–Crippen MR) is 100 cm³/mol. The number of fused-ring (bicyclic) bond motifs is 1. The van der Waals surface area contributed by atoms with Gasteiger partial charge in [0.1, 0.15) is 35.7 Å². The molecule has 5 atom stereocenters. The quantitative estimate of drug-likeness (QED) is 0.402. The molecule has 0 unspecified atom stereocenters. The van der Waals surface area contributed by atoms with E-state index in [9.17, 15) is 24.9 Å². The van der Waals surface area contributed by atoms with E-state index in [1.807, 2.05) is 0 Å². The first-order chi connectivity index (χ1) is 12.8. The zero-order valence-electron chi connectivity index (χ0n) is 15.8. The maximum absolute atomic E-state index is 11.6. The average molecular weight is 415 g/mol. The zero-order chi connectivity index (χ0) is 19.7. The van der Waals surface area contributed by atoms with E-state index in [1.165, 1.54) is 19.1 Å². The smallest absolute Gasteiger partial charge is 0.336 e. The number of carbonyl (C=O) groups is 1. The molecule has 1 aromatic carbocycles. The summed E-state index contributed by atoms with van der Waals surface area (Å²) in [5.74, 6) is -0.192. The molecule has 0 spiro atoms. The second-order valence-corrected chi connectivity index (χ2v) is 6.46. The second-order valence-electron chi connectivity index (χ2n) is 6.46. The summed E-state index contributed by atoms with van der Waals surface area (Å²) < 4.78 is 16.4. The Hall–Kier alpha value is -2.54. The van der Waals surface area contributed by atoms with Crippen LogP contribution in [-0.2, 0) is 9.53 Å². The topological polar surface area (TPSA) is 201 Å². The monoisotopic (exact) mass is 415 g/mol. The zero-order valence-corrected chi connectivity index (χ0v) is 15.8. The third-order valence-corrected chi connectivity index (χ3v) is 4.43. The number of carbonyl (C=O) groups excluding carboxylic acids is 1. The summed E-state index contributed by atoms with van der Waals surface area (Å²) in [4.78, 5) is 23.0. The minimum Gasteiger partial charge on any atom is -0.462 e. The van der Waals surface area contributed by atoms with Crippen LogP contribution in [0.1, 0.15) is 12.5 Å². The van der Waals surface area contributed by atoms with Gasteiger partial charge in [0.25, 0.3) is 0 Å².